The fraction of sp³-hybridized carbons (Fsp3) is 0.238. The first kappa shape index (κ1) is 18.0. The van der Waals surface area contributed by atoms with Crippen LogP contribution in [0.4, 0.5) is 10.1 Å². The van der Waals surface area contributed by atoms with Crippen molar-refractivity contribution >= 4 is 11.6 Å². The van der Waals surface area contributed by atoms with Crippen LogP contribution in [0, 0.1) is 5.82 Å². The Balaban J connectivity index is 1.42. The van der Waals surface area contributed by atoms with Crippen LogP contribution in [0.2, 0.25) is 0 Å². The molecule has 1 saturated heterocycles. The molecule has 6 nitrogen and oxygen atoms in total. The van der Waals surface area contributed by atoms with Crippen LogP contribution in [0.1, 0.15) is 23.2 Å². The zero-order valence-electron chi connectivity index (χ0n) is 15.3. The van der Waals surface area contributed by atoms with Crippen molar-refractivity contribution in [2.75, 3.05) is 18.4 Å². The zero-order chi connectivity index (χ0) is 19.3. The monoisotopic (exact) mass is 377 g/mol. The van der Waals surface area contributed by atoms with E-state index in [9.17, 15) is 9.18 Å². The number of nitrogens with one attached hydrogen (secondary N) is 1. The summed E-state index contributed by atoms with van der Waals surface area (Å²) in [5, 5.41) is 3.32. The Kier molecular flexibility index (Phi) is 5.23. The summed E-state index contributed by atoms with van der Waals surface area (Å²) in [5.74, 6) is 0.190. The first-order chi connectivity index (χ1) is 13.7. The van der Waals surface area contributed by atoms with Crippen molar-refractivity contribution in [2.45, 2.75) is 18.9 Å². The van der Waals surface area contributed by atoms with E-state index in [2.05, 4.69) is 20.3 Å². The first-order valence-corrected chi connectivity index (χ1v) is 9.23. The minimum atomic E-state index is -0.278. The van der Waals surface area contributed by atoms with Gasteiger partial charge in [0.1, 0.15) is 5.82 Å². The van der Waals surface area contributed by atoms with E-state index in [4.69, 9.17) is 0 Å². The number of halogens is 1. The summed E-state index contributed by atoms with van der Waals surface area (Å²) in [6.45, 7) is 1.24. The Hall–Kier alpha value is -3.35. The third-order valence-electron chi connectivity index (χ3n) is 4.74. The molecule has 142 valence electrons. The highest BCUT2D eigenvalue weighted by Gasteiger charge is 2.25. The highest BCUT2D eigenvalue weighted by molar-refractivity contribution is 5.93. The molecule has 1 aliphatic rings. The van der Waals surface area contributed by atoms with Gasteiger partial charge in [0.15, 0.2) is 5.82 Å². The number of aromatic nitrogens is 3. The molecular formula is C21H20FN5O. The molecule has 0 aliphatic carbocycles. The summed E-state index contributed by atoms with van der Waals surface area (Å²) < 4.78 is 13.4. The van der Waals surface area contributed by atoms with Gasteiger partial charge in [0.2, 0.25) is 0 Å². The number of amides is 1. The average molecular weight is 377 g/mol. The van der Waals surface area contributed by atoms with Crippen LogP contribution in [0.5, 0.6) is 0 Å². The Morgan fingerprint density at radius 3 is 2.68 bits per heavy atom. The van der Waals surface area contributed by atoms with Crippen LogP contribution < -0.4 is 5.32 Å². The number of likely N-dealkylation sites (tertiary alicyclic amines) is 1. The quantitative estimate of drug-likeness (QED) is 0.755. The van der Waals surface area contributed by atoms with Crippen molar-refractivity contribution < 1.29 is 9.18 Å². The standard InChI is InChI=1S/C21H20FN5O/c22-17-3-1-4-18(11-17)26-19-5-2-10-27(14-19)21(28)16-12-24-20(25-13-16)15-6-8-23-9-7-15/h1,3-4,6-9,11-13,19,26H,2,5,10,14H2/t19-/m1/s1. The molecule has 2 aromatic heterocycles. The molecule has 1 aliphatic heterocycles. The number of carbonyl (C=O) groups excluding carboxylic acids is 1. The predicted molar refractivity (Wildman–Crippen MR) is 104 cm³/mol. The molecule has 7 heteroatoms. The van der Waals surface area contributed by atoms with Gasteiger partial charge in [-0.2, -0.15) is 0 Å². The lowest BCUT2D eigenvalue weighted by molar-refractivity contribution is 0.0714. The number of piperidine rings is 1. The van der Waals surface area contributed by atoms with E-state index in [0.717, 1.165) is 24.1 Å². The van der Waals surface area contributed by atoms with E-state index >= 15 is 0 Å². The van der Waals surface area contributed by atoms with Gasteiger partial charge >= 0.3 is 0 Å². The molecule has 0 radical (unpaired) electrons. The highest BCUT2D eigenvalue weighted by atomic mass is 19.1. The lowest BCUT2D eigenvalue weighted by atomic mass is 10.0. The molecule has 3 heterocycles. The van der Waals surface area contributed by atoms with E-state index in [0.29, 0.717) is 24.5 Å². The molecule has 0 unspecified atom stereocenters. The van der Waals surface area contributed by atoms with Crippen LogP contribution >= 0.6 is 0 Å². The van der Waals surface area contributed by atoms with Gasteiger partial charge in [-0.15, -0.1) is 0 Å². The molecule has 0 spiro atoms. The van der Waals surface area contributed by atoms with E-state index in [1.54, 1.807) is 35.8 Å². The van der Waals surface area contributed by atoms with E-state index in [1.807, 2.05) is 18.2 Å². The van der Waals surface area contributed by atoms with Crippen molar-refractivity contribution in [1.82, 2.24) is 19.9 Å². The summed E-state index contributed by atoms with van der Waals surface area (Å²) in [6.07, 6.45) is 8.30. The predicted octanol–water partition coefficient (Wildman–Crippen LogP) is 3.39. The molecule has 1 N–H and O–H groups in total. The second kappa shape index (κ2) is 8.12. The first-order valence-electron chi connectivity index (χ1n) is 9.23. The molecule has 1 atom stereocenters. The summed E-state index contributed by atoms with van der Waals surface area (Å²) in [7, 11) is 0. The van der Waals surface area contributed by atoms with Crippen LogP contribution in [0.15, 0.2) is 61.2 Å². The lowest BCUT2D eigenvalue weighted by Crippen LogP contribution is -2.45. The SMILES string of the molecule is O=C(c1cnc(-c2ccncc2)nc1)N1CCC[C@@H](Nc2cccc(F)c2)C1. The van der Waals surface area contributed by atoms with E-state index in [1.165, 1.54) is 12.1 Å². The van der Waals surface area contributed by atoms with Gasteiger partial charge < -0.3 is 10.2 Å². The number of anilines is 1. The Morgan fingerprint density at radius 1 is 1.14 bits per heavy atom. The zero-order valence-corrected chi connectivity index (χ0v) is 15.3. The van der Waals surface area contributed by atoms with E-state index in [-0.39, 0.29) is 17.8 Å². The fourth-order valence-electron chi connectivity index (χ4n) is 3.36. The van der Waals surface area contributed by atoms with Gasteiger partial charge in [0.25, 0.3) is 5.91 Å². The van der Waals surface area contributed by atoms with Gasteiger partial charge in [0, 0.05) is 55.2 Å². The van der Waals surface area contributed by atoms with Crippen molar-refractivity contribution in [1.29, 1.82) is 0 Å². The Bertz CT molecular complexity index is 949. The van der Waals surface area contributed by atoms with Crippen LogP contribution in [-0.2, 0) is 0 Å². The van der Waals surface area contributed by atoms with Crippen LogP contribution in [-0.4, -0.2) is 44.9 Å². The Morgan fingerprint density at radius 2 is 1.93 bits per heavy atom. The summed E-state index contributed by atoms with van der Waals surface area (Å²) in [4.78, 5) is 27.3. The Labute approximate surface area is 162 Å². The number of nitrogens with zero attached hydrogens (tertiary/aromatic N) is 4. The molecule has 1 aromatic carbocycles. The van der Waals surface area contributed by atoms with Crippen LogP contribution in [0.25, 0.3) is 11.4 Å². The molecule has 4 rings (SSSR count). The molecule has 1 amide bonds. The van der Waals surface area contributed by atoms with E-state index < -0.39 is 0 Å². The van der Waals surface area contributed by atoms with Gasteiger partial charge in [-0.1, -0.05) is 6.07 Å². The van der Waals surface area contributed by atoms with Gasteiger partial charge in [-0.25, -0.2) is 14.4 Å². The average Bonchev–Trinajstić information content (AvgIpc) is 2.74. The third-order valence-corrected chi connectivity index (χ3v) is 4.74. The van der Waals surface area contributed by atoms with Crippen molar-refractivity contribution in [3.05, 3.63) is 72.6 Å². The molecule has 0 bridgehead atoms. The smallest absolute Gasteiger partial charge is 0.257 e. The van der Waals surface area contributed by atoms with Crippen molar-refractivity contribution in [3.8, 4) is 11.4 Å². The maximum atomic E-state index is 13.4. The highest BCUT2D eigenvalue weighted by Crippen LogP contribution is 2.19. The number of benzene rings is 1. The van der Waals surface area contributed by atoms with Gasteiger partial charge in [-0.3, -0.25) is 9.78 Å². The number of pyridine rings is 1. The summed E-state index contributed by atoms with van der Waals surface area (Å²) in [5.41, 5.74) is 2.04. The maximum absolute atomic E-state index is 13.4. The van der Waals surface area contributed by atoms with Gasteiger partial charge in [0.05, 0.1) is 5.56 Å². The number of carbonyl (C=O) groups is 1. The third kappa shape index (κ3) is 4.14. The minimum Gasteiger partial charge on any atom is -0.380 e. The fourth-order valence-corrected chi connectivity index (χ4v) is 3.36. The topological polar surface area (TPSA) is 71.0 Å². The number of hydrogen-bond donors (Lipinski definition) is 1. The molecule has 0 saturated carbocycles. The largest absolute Gasteiger partial charge is 0.380 e. The second-order valence-electron chi connectivity index (χ2n) is 6.78. The van der Waals surface area contributed by atoms with Crippen LogP contribution in [0.3, 0.4) is 0 Å². The molecular weight excluding hydrogens is 357 g/mol. The number of rotatable bonds is 4. The summed E-state index contributed by atoms with van der Waals surface area (Å²) >= 11 is 0. The molecule has 28 heavy (non-hydrogen) atoms. The van der Waals surface area contributed by atoms with Crippen molar-refractivity contribution in [3.63, 3.8) is 0 Å². The molecule has 1 fully saturated rings. The molecule has 3 aromatic rings. The summed E-state index contributed by atoms with van der Waals surface area (Å²) in [6, 6.07) is 10.1. The van der Waals surface area contributed by atoms with Gasteiger partial charge in [-0.05, 0) is 43.2 Å². The maximum Gasteiger partial charge on any atom is 0.257 e. The minimum absolute atomic E-state index is 0.0801. The van der Waals surface area contributed by atoms with Crippen molar-refractivity contribution in [2.24, 2.45) is 0 Å². The number of hydrogen-bond acceptors (Lipinski definition) is 5. The normalized spacial score (nSPS) is 16.6. The lowest BCUT2D eigenvalue weighted by Gasteiger charge is -2.33. The second-order valence-corrected chi connectivity index (χ2v) is 6.78.